The fraction of sp³-hybridized carbons (Fsp3) is 0.857. The predicted molar refractivity (Wildman–Crippen MR) is 73.7 cm³/mol. The van der Waals surface area contributed by atoms with E-state index in [2.05, 4.69) is 12.2 Å². The molecule has 0 aromatic rings. The molecule has 110 valence electrons. The molecule has 0 radical (unpaired) electrons. The van der Waals surface area contributed by atoms with Crippen molar-refractivity contribution in [3.05, 3.63) is 0 Å². The third-order valence-corrected chi connectivity index (χ3v) is 3.57. The SMILES string of the molecule is CCCOCCN1CCC(=O)NC(C(C)CC)C1=O. The van der Waals surface area contributed by atoms with E-state index >= 15 is 0 Å². The highest BCUT2D eigenvalue weighted by Crippen LogP contribution is 2.14. The molecule has 5 heteroatoms. The van der Waals surface area contributed by atoms with Gasteiger partial charge in [0.1, 0.15) is 6.04 Å². The van der Waals surface area contributed by atoms with E-state index in [1.807, 2.05) is 13.8 Å². The molecule has 2 unspecified atom stereocenters. The first kappa shape index (κ1) is 16.0. The van der Waals surface area contributed by atoms with Crippen LogP contribution in [0.3, 0.4) is 0 Å². The van der Waals surface area contributed by atoms with Gasteiger partial charge < -0.3 is 15.0 Å². The maximum atomic E-state index is 12.4. The van der Waals surface area contributed by atoms with Crippen molar-refractivity contribution in [2.24, 2.45) is 5.92 Å². The molecule has 1 N–H and O–H groups in total. The van der Waals surface area contributed by atoms with Crippen LogP contribution in [0.25, 0.3) is 0 Å². The van der Waals surface area contributed by atoms with Gasteiger partial charge in [0.25, 0.3) is 0 Å². The number of hydrogen-bond acceptors (Lipinski definition) is 3. The average Bonchev–Trinajstić information content (AvgIpc) is 2.55. The second-order valence-corrected chi connectivity index (χ2v) is 5.12. The average molecular weight is 270 g/mol. The number of carbonyl (C=O) groups is 2. The Bertz CT molecular complexity index is 307. The van der Waals surface area contributed by atoms with E-state index in [-0.39, 0.29) is 23.8 Å². The third-order valence-electron chi connectivity index (χ3n) is 3.57. The van der Waals surface area contributed by atoms with Gasteiger partial charge in [-0.05, 0) is 12.3 Å². The summed E-state index contributed by atoms with van der Waals surface area (Å²) in [4.78, 5) is 25.8. The predicted octanol–water partition coefficient (Wildman–Crippen LogP) is 1.18. The zero-order valence-electron chi connectivity index (χ0n) is 12.3. The Morgan fingerprint density at radius 1 is 1.37 bits per heavy atom. The maximum Gasteiger partial charge on any atom is 0.245 e. The first-order valence-corrected chi connectivity index (χ1v) is 7.26. The van der Waals surface area contributed by atoms with E-state index in [0.717, 1.165) is 12.8 Å². The monoisotopic (exact) mass is 270 g/mol. The van der Waals surface area contributed by atoms with Crippen molar-refractivity contribution < 1.29 is 14.3 Å². The van der Waals surface area contributed by atoms with Gasteiger partial charge >= 0.3 is 0 Å². The normalized spacial score (nSPS) is 22.1. The summed E-state index contributed by atoms with van der Waals surface area (Å²) in [5.74, 6) is 0.157. The minimum absolute atomic E-state index is 0.0281. The van der Waals surface area contributed by atoms with E-state index in [9.17, 15) is 9.59 Å². The zero-order chi connectivity index (χ0) is 14.3. The minimum atomic E-state index is -0.383. The maximum absolute atomic E-state index is 12.4. The summed E-state index contributed by atoms with van der Waals surface area (Å²) in [7, 11) is 0. The summed E-state index contributed by atoms with van der Waals surface area (Å²) in [5, 5.41) is 2.84. The van der Waals surface area contributed by atoms with Crippen LogP contribution in [0.1, 0.15) is 40.0 Å². The van der Waals surface area contributed by atoms with Gasteiger partial charge in [0, 0.05) is 26.1 Å². The molecule has 1 fully saturated rings. The molecule has 0 bridgehead atoms. The van der Waals surface area contributed by atoms with Crippen molar-refractivity contribution in [1.29, 1.82) is 0 Å². The van der Waals surface area contributed by atoms with Gasteiger partial charge in [-0.1, -0.05) is 27.2 Å². The van der Waals surface area contributed by atoms with Crippen LogP contribution in [0.5, 0.6) is 0 Å². The van der Waals surface area contributed by atoms with Crippen LogP contribution < -0.4 is 5.32 Å². The number of ether oxygens (including phenoxy) is 1. The Kier molecular flexibility index (Phi) is 6.84. The zero-order valence-corrected chi connectivity index (χ0v) is 12.3. The lowest BCUT2D eigenvalue weighted by atomic mass is 9.98. The Labute approximate surface area is 115 Å². The fourth-order valence-corrected chi connectivity index (χ4v) is 2.12. The first-order valence-electron chi connectivity index (χ1n) is 7.26. The van der Waals surface area contributed by atoms with Gasteiger partial charge in [-0.2, -0.15) is 0 Å². The number of carbonyl (C=O) groups excluding carboxylic acids is 2. The van der Waals surface area contributed by atoms with Crippen LogP contribution in [0, 0.1) is 5.92 Å². The third kappa shape index (κ3) is 4.82. The Morgan fingerprint density at radius 3 is 2.74 bits per heavy atom. The smallest absolute Gasteiger partial charge is 0.245 e. The second kappa shape index (κ2) is 8.15. The van der Waals surface area contributed by atoms with Gasteiger partial charge in [0.05, 0.1) is 6.61 Å². The molecule has 1 aliphatic heterocycles. The topological polar surface area (TPSA) is 58.6 Å². The van der Waals surface area contributed by atoms with Crippen molar-refractivity contribution in [2.45, 2.75) is 46.1 Å². The molecule has 19 heavy (non-hydrogen) atoms. The number of nitrogens with one attached hydrogen (secondary N) is 1. The van der Waals surface area contributed by atoms with E-state index in [0.29, 0.717) is 32.7 Å². The van der Waals surface area contributed by atoms with Crippen LogP contribution in [0.4, 0.5) is 0 Å². The Hall–Kier alpha value is -1.10. The molecule has 0 spiro atoms. The molecule has 0 aromatic heterocycles. The van der Waals surface area contributed by atoms with Crippen LogP contribution in [-0.2, 0) is 14.3 Å². The van der Waals surface area contributed by atoms with E-state index in [1.54, 1.807) is 4.90 Å². The summed E-state index contributed by atoms with van der Waals surface area (Å²) in [6, 6.07) is -0.383. The van der Waals surface area contributed by atoms with Crippen molar-refractivity contribution in [2.75, 3.05) is 26.3 Å². The van der Waals surface area contributed by atoms with Crippen LogP contribution in [0.15, 0.2) is 0 Å². The van der Waals surface area contributed by atoms with E-state index < -0.39 is 0 Å². The van der Waals surface area contributed by atoms with Gasteiger partial charge in [0.2, 0.25) is 11.8 Å². The lowest BCUT2D eigenvalue weighted by Crippen LogP contribution is -2.48. The minimum Gasteiger partial charge on any atom is -0.380 e. The van der Waals surface area contributed by atoms with Crippen LogP contribution in [-0.4, -0.2) is 49.1 Å². The molecule has 1 saturated heterocycles. The molecular formula is C14H26N2O3. The summed E-state index contributed by atoms with van der Waals surface area (Å²) in [5.41, 5.74) is 0. The Morgan fingerprint density at radius 2 is 2.11 bits per heavy atom. The first-order chi connectivity index (χ1) is 9.10. The molecule has 5 nitrogen and oxygen atoms in total. The fourth-order valence-electron chi connectivity index (χ4n) is 2.12. The van der Waals surface area contributed by atoms with Crippen molar-refractivity contribution in [3.8, 4) is 0 Å². The number of hydrogen-bond donors (Lipinski definition) is 1. The quantitative estimate of drug-likeness (QED) is 0.707. The molecule has 1 rings (SSSR count). The molecule has 2 atom stereocenters. The molecule has 0 aromatic carbocycles. The largest absolute Gasteiger partial charge is 0.380 e. The highest BCUT2D eigenvalue weighted by Gasteiger charge is 2.32. The molecule has 1 heterocycles. The summed E-state index contributed by atoms with van der Waals surface area (Å²) in [6.45, 7) is 8.41. The lowest BCUT2D eigenvalue weighted by Gasteiger charge is -2.27. The van der Waals surface area contributed by atoms with Crippen molar-refractivity contribution >= 4 is 11.8 Å². The number of rotatable bonds is 7. The van der Waals surface area contributed by atoms with Gasteiger partial charge in [-0.25, -0.2) is 0 Å². The molecule has 1 aliphatic rings. The molecule has 2 amide bonds. The standard InChI is InChI=1S/C14H26N2O3/c1-4-9-19-10-8-16-7-6-12(17)15-13(14(16)18)11(3)5-2/h11,13H,4-10H2,1-3H3,(H,15,17). The summed E-state index contributed by atoms with van der Waals surface area (Å²) >= 11 is 0. The molecule has 0 saturated carbocycles. The number of nitrogens with zero attached hydrogens (tertiary/aromatic N) is 1. The van der Waals surface area contributed by atoms with Crippen molar-refractivity contribution in [1.82, 2.24) is 10.2 Å². The lowest BCUT2D eigenvalue weighted by molar-refractivity contribution is -0.135. The van der Waals surface area contributed by atoms with E-state index in [4.69, 9.17) is 4.74 Å². The second-order valence-electron chi connectivity index (χ2n) is 5.12. The van der Waals surface area contributed by atoms with Gasteiger partial charge in [-0.3, -0.25) is 9.59 Å². The summed E-state index contributed by atoms with van der Waals surface area (Å²) in [6.07, 6.45) is 2.23. The van der Waals surface area contributed by atoms with Gasteiger partial charge in [-0.15, -0.1) is 0 Å². The van der Waals surface area contributed by atoms with Crippen LogP contribution in [0.2, 0.25) is 0 Å². The molecular weight excluding hydrogens is 244 g/mol. The van der Waals surface area contributed by atoms with Crippen molar-refractivity contribution in [3.63, 3.8) is 0 Å². The van der Waals surface area contributed by atoms with Gasteiger partial charge in [0.15, 0.2) is 0 Å². The molecule has 0 aliphatic carbocycles. The Balaban J connectivity index is 2.59. The van der Waals surface area contributed by atoms with Crippen LogP contribution >= 0.6 is 0 Å². The highest BCUT2D eigenvalue weighted by atomic mass is 16.5. The van der Waals surface area contributed by atoms with E-state index in [1.165, 1.54) is 0 Å². The number of amides is 2. The highest BCUT2D eigenvalue weighted by molar-refractivity contribution is 5.90. The summed E-state index contributed by atoms with van der Waals surface area (Å²) < 4.78 is 5.42.